The van der Waals surface area contributed by atoms with Gasteiger partial charge in [-0.1, -0.05) is 24.3 Å². The topological polar surface area (TPSA) is 105 Å². The highest BCUT2D eigenvalue weighted by molar-refractivity contribution is 5.97. The molecule has 142 valence electrons. The number of urea groups is 1. The van der Waals surface area contributed by atoms with E-state index in [1.165, 1.54) is 0 Å². The van der Waals surface area contributed by atoms with Crippen molar-refractivity contribution in [3.8, 4) is 16.9 Å². The minimum absolute atomic E-state index is 0.174. The summed E-state index contributed by atoms with van der Waals surface area (Å²) in [7, 11) is 0. The Morgan fingerprint density at radius 3 is 1.96 bits per heavy atom. The number of hydrogen-bond donors (Lipinski definition) is 3. The molecule has 0 bridgehead atoms. The summed E-state index contributed by atoms with van der Waals surface area (Å²) < 4.78 is 4.92. The van der Waals surface area contributed by atoms with Crippen LogP contribution in [-0.2, 0) is 9.53 Å². The van der Waals surface area contributed by atoms with Gasteiger partial charge in [-0.3, -0.25) is 10.1 Å². The van der Waals surface area contributed by atoms with Gasteiger partial charge < -0.3 is 15.2 Å². The van der Waals surface area contributed by atoms with Crippen LogP contribution < -0.4 is 10.6 Å². The first-order valence-corrected chi connectivity index (χ1v) is 8.33. The second-order valence-electron chi connectivity index (χ2n) is 6.95. The molecule has 0 aromatic heterocycles. The molecule has 0 fully saturated rings. The van der Waals surface area contributed by atoms with Crippen molar-refractivity contribution in [3.63, 3.8) is 0 Å². The standard InChI is InChI=1S/C20H22N2O5/c1-20(2,3)22-19(26)21-17(24)12-27-18(25)15-6-4-13(5-7-15)14-8-10-16(23)11-9-14/h4-11,23H,12H2,1-3H3,(H2,21,22,24,26). The number of carbonyl (C=O) groups excluding carboxylic acids is 3. The third-order valence-corrected chi connectivity index (χ3v) is 3.40. The Morgan fingerprint density at radius 1 is 0.926 bits per heavy atom. The van der Waals surface area contributed by atoms with Crippen LogP contribution in [0.4, 0.5) is 4.79 Å². The lowest BCUT2D eigenvalue weighted by atomic mass is 10.0. The van der Waals surface area contributed by atoms with E-state index in [4.69, 9.17) is 4.74 Å². The SMILES string of the molecule is CC(C)(C)NC(=O)NC(=O)COC(=O)c1ccc(-c2ccc(O)cc2)cc1. The molecule has 0 saturated carbocycles. The van der Waals surface area contributed by atoms with Crippen molar-refractivity contribution in [1.29, 1.82) is 0 Å². The van der Waals surface area contributed by atoms with Gasteiger partial charge >= 0.3 is 12.0 Å². The maximum atomic E-state index is 12.0. The van der Waals surface area contributed by atoms with Crippen molar-refractivity contribution in [1.82, 2.24) is 10.6 Å². The van der Waals surface area contributed by atoms with Crippen LogP contribution in [0, 0.1) is 0 Å². The van der Waals surface area contributed by atoms with E-state index in [1.807, 2.05) is 0 Å². The fourth-order valence-corrected chi connectivity index (χ4v) is 2.20. The van der Waals surface area contributed by atoms with Crippen LogP contribution in [0.1, 0.15) is 31.1 Å². The molecule has 0 unspecified atom stereocenters. The summed E-state index contributed by atoms with van der Waals surface area (Å²) in [5, 5.41) is 14.0. The zero-order valence-electron chi connectivity index (χ0n) is 15.4. The summed E-state index contributed by atoms with van der Waals surface area (Å²) in [6.45, 7) is 4.77. The first-order valence-electron chi connectivity index (χ1n) is 8.33. The van der Waals surface area contributed by atoms with Crippen LogP contribution in [0.2, 0.25) is 0 Å². The summed E-state index contributed by atoms with van der Waals surface area (Å²) in [5.41, 5.74) is 1.55. The van der Waals surface area contributed by atoms with E-state index in [1.54, 1.807) is 69.3 Å². The van der Waals surface area contributed by atoms with Gasteiger partial charge in [0.2, 0.25) is 0 Å². The molecule has 3 N–H and O–H groups in total. The Balaban J connectivity index is 1.88. The molecule has 3 amide bonds. The van der Waals surface area contributed by atoms with Crippen molar-refractivity contribution in [2.75, 3.05) is 6.61 Å². The number of carbonyl (C=O) groups is 3. The molecule has 0 aliphatic carbocycles. The molecule has 0 radical (unpaired) electrons. The average molecular weight is 370 g/mol. The number of ether oxygens (including phenoxy) is 1. The molecule has 0 saturated heterocycles. The van der Waals surface area contributed by atoms with Gasteiger partial charge in [-0.15, -0.1) is 0 Å². The number of aromatic hydroxyl groups is 1. The molecule has 0 aliphatic rings. The first-order chi connectivity index (χ1) is 12.6. The molecular formula is C20H22N2O5. The molecular weight excluding hydrogens is 348 g/mol. The maximum Gasteiger partial charge on any atom is 0.338 e. The fourth-order valence-electron chi connectivity index (χ4n) is 2.20. The highest BCUT2D eigenvalue weighted by Crippen LogP contribution is 2.22. The Bertz CT molecular complexity index is 821. The molecule has 0 aliphatic heterocycles. The van der Waals surface area contributed by atoms with Gasteiger partial charge in [-0.25, -0.2) is 9.59 Å². The fraction of sp³-hybridized carbons (Fsp3) is 0.250. The minimum atomic E-state index is -0.717. The molecule has 2 aromatic rings. The van der Waals surface area contributed by atoms with Crippen molar-refractivity contribution in [3.05, 3.63) is 54.1 Å². The summed E-state index contributed by atoms with van der Waals surface area (Å²) in [6.07, 6.45) is 0. The van der Waals surface area contributed by atoms with Crippen LogP contribution in [0.3, 0.4) is 0 Å². The predicted octanol–water partition coefficient (Wildman–Crippen LogP) is 2.84. The van der Waals surface area contributed by atoms with E-state index in [9.17, 15) is 19.5 Å². The predicted molar refractivity (Wildman–Crippen MR) is 100 cm³/mol. The lowest BCUT2D eigenvalue weighted by Crippen LogP contribution is -2.49. The van der Waals surface area contributed by atoms with Crippen LogP contribution in [0.5, 0.6) is 5.75 Å². The van der Waals surface area contributed by atoms with Gasteiger partial charge in [0, 0.05) is 5.54 Å². The van der Waals surface area contributed by atoms with E-state index in [0.717, 1.165) is 11.1 Å². The molecule has 7 heteroatoms. The lowest BCUT2D eigenvalue weighted by molar-refractivity contribution is -0.123. The van der Waals surface area contributed by atoms with Crippen LogP contribution in [-0.4, -0.2) is 35.2 Å². The lowest BCUT2D eigenvalue weighted by Gasteiger charge is -2.20. The van der Waals surface area contributed by atoms with Gasteiger partial charge in [-0.05, 0) is 56.2 Å². The monoisotopic (exact) mass is 370 g/mol. The third-order valence-electron chi connectivity index (χ3n) is 3.40. The number of imide groups is 1. The van der Waals surface area contributed by atoms with Crippen molar-refractivity contribution < 1.29 is 24.2 Å². The van der Waals surface area contributed by atoms with Crippen LogP contribution in [0.15, 0.2) is 48.5 Å². The second-order valence-corrected chi connectivity index (χ2v) is 6.95. The first kappa shape index (κ1) is 20.0. The molecule has 27 heavy (non-hydrogen) atoms. The number of phenolic OH excluding ortho intramolecular Hbond substituents is 1. The largest absolute Gasteiger partial charge is 0.508 e. The average Bonchev–Trinajstić information content (AvgIpc) is 2.59. The highest BCUT2D eigenvalue weighted by atomic mass is 16.5. The second kappa shape index (κ2) is 8.35. The molecule has 7 nitrogen and oxygen atoms in total. The number of rotatable bonds is 4. The van der Waals surface area contributed by atoms with E-state index >= 15 is 0 Å². The summed E-state index contributed by atoms with van der Waals surface area (Å²) in [4.78, 5) is 35.3. The van der Waals surface area contributed by atoms with Crippen LogP contribution in [0.25, 0.3) is 11.1 Å². The maximum absolute atomic E-state index is 12.0. The normalized spacial score (nSPS) is 10.8. The number of nitrogens with one attached hydrogen (secondary N) is 2. The molecule has 2 aromatic carbocycles. The third kappa shape index (κ3) is 6.47. The van der Waals surface area contributed by atoms with E-state index < -0.39 is 30.1 Å². The Labute approximate surface area is 157 Å². The zero-order chi connectivity index (χ0) is 20.0. The van der Waals surface area contributed by atoms with Gasteiger partial charge in [0.05, 0.1) is 5.56 Å². The van der Waals surface area contributed by atoms with Crippen molar-refractivity contribution in [2.24, 2.45) is 0 Å². The van der Waals surface area contributed by atoms with Crippen molar-refractivity contribution >= 4 is 17.9 Å². The van der Waals surface area contributed by atoms with E-state index in [0.29, 0.717) is 0 Å². The number of hydrogen-bond acceptors (Lipinski definition) is 5. The van der Waals surface area contributed by atoms with Crippen molar-refractivity contribution in [2.45, 2.75) is 26.3 Å². The van der Waals surface area contributed by atoms with Crippen LogP contribution >= 0.6 is 0 Å². The quantitative estimate of drug-likeness (QED) is 0.718. The molecule has 2 rings (SSSR count). The van der Waals surface area contributed by atoms with E-state index in [2.05, 4.69) is 10.6 Å². The molecule has 0 spiro atoms. The number of phenols is 1. The van der Waals surface area contributed by atoms with E-state index in [-0.39, 0.29) is 11.3 Å². The smallest absolute Gasteiger partial charge is 0.338 e. The summed E-state index contributed by atoms with van der Waals surface area (Å²) in [6, 6.07) is 12.6. The highest BCUT2D eigenvalue weighted by Gasteiger charge is 2.17. The van der Waals surface area contributed by atoms with Gasteiger partial charge in [0.15, 0.2) is 6.61 Å². The zero-order valence-corrected chi connectivity index (χ0v) is 15.4. The number of benzene rings is 2. The minimum Gasteiger partial charge on any atom is -0.508 e. The van der Waals surface area contributed by atoms with Gasteiger partial charge in [-0.2, -0.15) is 0 Å². The molecule has 0 atom stereocenters. The number of esters is 1. The summed E-state index contributed by atoms with van der Waals surface area (Å²) in [5.74, 6) is -1.21. The Hall–Kier alpha value is -3.35. The van der Waals surface area contributed by atoms with Gasteiger partial charge in [0.25, 0.3) is 5.91 Å². The Kier molecular flexibility index (Phi) is 6.18. The Morgan fingerprint density at radius 2 is 1.44 bits per heavy atom. The molecule has 0 heterocycles. The number of amides is 3. The van der Waals surface area contributed by atoms with Gasteiger partial charge in [0.1, 0.15) is 5.75 Å². The summed E-state index contributed by atoms with van der Waals surface area (Å²) >= 11 is 0.